The van der Waals surface area contributed by atoms with Crippen LogP contribution in [0.15, 0.2) is 89.8 Å². The summed E-state index contributed by atoms with van der Waals surface area (Å²) in [6, 6.07) is 26.7. The largest absolute Gasteiger partial charge is 0.334 e. The highest BCUT2D eigenvalue weighted by atomic mass is 32.2. The Hall–Kier alpha value is -3.75. The average molecular weight is 517 g/mol. The first-order valence-corrected chi connectivity index (χ1v) is 13.8. The molecule has 0 saturated heterocycles. The molecule has 2 heterocycles. The molecule has 1 aliphatic heterocycles. The van der Waals surface area contributed by atoms with Crippen molar-refractivity contribution >= 4 is 21.8 Å². The van der Waals surface area contributed by atoms with E-state index in [-0.39, 0.29) is 11.1 Å². The van der Waals surface area contributed by atoms with E-state index < -0.39 is 10.1 Å². The summed E-state index contributed by atoms with van der Waals surface area (Å²) >= 11 is 0. The third kappa shape index (κ3) is 5.65. The summed E-state index contributed by atoms with van der Waals surface area (Å²) in [6.07, 6.45) is 0.273. The molecule has 0 radical (unpaired) electrons. The van der Waals surface area contributed by atoms with Crippen LogP contribution in [0.5, 0.6) is 0 Å². The smallest absolute Gasteiger partial charge is 0.294 e. The molecule has 5 rings (SSSR count). The summed E-state index contributed by atoms with van der Waals surface area (Å²) in [7, 11) is -4.02. The van der Waals surface area contributed by atoms with Gasteiger partial charge >= 0.3 is 0 Å². The second kappa shape index (κ2) is 11.1. The summed E-state index contributed by atoms with van der Waals surface area (Å²) in [5.41, 5.74) is 5.04. The lowest BCUT2D eigenvalue weighted by Gasteiger charge is -2.27. The van der Waals surface area contributed by atoms with Crippen molar-refractivity contribution in [2.75, 3.05) is 22.9 Å². The van der Waals surface area contributed by atoms with E-state index in [2.05, 4.69) is 79.1 Å². The van der Waals surface area contributed by atoms with Gasteiger partial charge in [-0.1, -0.05) is 78.4 Å². The Balaban J connectivity index is 0.000000245. The first-order valence-electron chi connectivity index (χ1n) is 12.3. The zero-order valence-corrected chi connectivity index (χ0v) is 22.4. The fourth-order valence-electron chi connectivity index (χ4n) is 4.46. The van der Waals surface area contributed by atoms with E-state index in [1.54, 1.807) is 12.1 Å². The van der Waals surface area contributed by atoms with Gasteiger partial charge in [-0.25, -0.2) is 9.97 Å². The number of rotatable bonds is 5. The van der Waals surface area contributed by atoms with E-state index in [4.69, 9.17) is 14.5 Å². The molecular weight excluding hydrogens is 484 g/mol. The molecule has 4 aromatic rings. The lowest BCUT2D eigenvalue weighted by atomic mass is 10.0. The van der Waals surface area contributed by atoms with Crippen LogP contribution < -0.4 is 9.80 Å². The number of fused-ring (bicyclic) bond motifs is 1. The lowest BCUT2D eigenvalue weighted by Crippen LogP contribution is -2.40. The van der Waals surface area contributed by atoms with Gasteiger partial charge in [-0.15, -0.1) is 0 Å². The van der Waals surface area contributed by atoms with Gasteiger partial charge in [0, 0.05) is 24.2 Å². The van der Waals surface area contributed by atoms with Crippen molar-refractivity contribution in [2.24, 2.45) is 0 Å². The number of benzene rings is 3. The van der Waals surface area contributed by atoms with Gasteiger partial charge in [0.1, 0.15) is 6.17 Å². The molecule has 3 aromatic carbocycles. The molecule has 8 heteroatoms. The monoisotopic (exact) mass is 516 g/mol. The molecule has 0 atom stereocenters. The topological polar surface area (TPSA) is 86.6 Å². The van der Waals surface area contributed by atoms with Gasteiger partial charge < -0.3 is 9.80 Å². The van der Waals surface area contributed by atoms with Gasteiger partial charge in [-0.05, 0) is 39.8 Å². The van der Waals surface area contributed by atoms with Crippen molar-refractivity contribution in [1.82, 2.24) is 9.97 Å². The predicted octanol–water partition coefficient (Wildman–Crippen LogP) is 6.06. The van der Waals surface area contributed by atoms with Crippen LogP contribution in [0.4, 0.5) is 11.6 Å². The first kappa shape index (κ1) is 26.3. The summed E-state index contributed by atoms with van der Waals surface area (Å²) < 4.78 is 29.6. The van der Waals surface area contributed by atoms with Crippen molar-refractivity contribution in [1.29, 1.82) is 0 Å². The fourth-order valence-corrected chi connectivity index (χ4v) is 4.94. The SMILES string of the molecule is CCN1c2nc(-c3ccccc3)c(-c3ccccc3)nc2N(CC)C1C.Cc1ccc(S(=O)(=O)O)cc1. The maximum absolute atomic E-state index is 10.5. The second-order valence-corrected chi connectivity index (χ2v) is 10.2. The van der Waals surface area contributed by atoms with Gasteiger partial charge in [0.05, 0.1) is 16.3 Å². The minimum Gasteiger partial charge on any atom is -0.334 e. The molecule has 0 aliphatic carbocycles. The van der Waals surface area contributed by atoms with Gasteiger partial charge in [0.25, 0.3) is 10.1 Å². The zero-order valence-electron chi connectivity index (χ0n) is 21.5. The van der Waals surface area contributed by atoms with E-state index in [9.17, 15) is 8.42 Å². The molecule has 37 heavy (non-hydrogen) atoms. The summed E-state index contributed by atoms with van der Waals surface area (Å²) in [4.78, 5) is 14.8. The molecule has 1 N–H and O–H groups in total. The first-order chi connectivity index (χ1) is 17.7. The van der Waals surface area contributed by atoms with Crippen molar-refractivity contribution in [3.05, 3.63) is 90.5 Å². The van der Waals surface area contributed by atoms with Gasteiger partial charge in [0.2, 0.25) is 0 Å². The van der Waals surface area contributed by atoms with E-state index in [0.29, 0.717) is 0 Å². The standard InChI is InChI=1S/C22H24N4.C7H8O3S/c1-4-25-16(3)26(5-2)22-21(25)23-19(17-12-8-6-9-13-17)20(24-22)18-14-10-7-11-15-18;1-6-2-4-7(5-3-6)11(8,9)10/h6-16H,4-5H2,1-3H3;2-5H,1H3,(H,8,9,10). The highest BCUT2D eigenvalue weighted by molar-refractivity contribution is 7.85. The summed E-state index contributed by atoms with van der Waals surface area (Å²) in [6.45, 7) is 10.2. The number of aryl methyl sites for hydroxylation is 1. The summed E-state index contributed by atoms with van der Waals surface area (Å²) in [5, 5.41) is 0. The van der Waals surface area contributed by atoms with E-state index in [1.165, 1.54) is 12.1 Å². The van der Waals surface area contributed by atoms with E-state index in [0.717, 1.165) is 52.8 Å². The van der Waals surface area contributed by atoms with Gasteiger partial charge in [-0.3, -0.25) is 4.55 Å². The van der Waals surface area contributed by atoms with Crippen molar-refractivity contribution in [3.8, 4) is 22.5 Å². The quantitative estimate of drug-likeness (QED) is 0.322. The summed E-state index contributed by atoms with van der Waals surface area (Å²) in [5.74, 6) is 1.97. The predicted molar refractivity (Wildman–Crippen MR) is 149 cm³/mol. The molecule has 0 saturated carbocycles. The third-order valence-corrected chi connectivity index (χ3v) is 7.27. The van der Waals surface area contributed by atoms with Crippen LogP contribution in [0.1, 0.15) is 26.3 Å². The Kier molecular flexibility index (Phi) is 7.90. The Morgan fingerprint density at radius 2 is 1.14 bits per heavy atom. The molecule has 0 bridgehead atoms. The molecule has 1 aromatic heterocycles. The number of aromatic nitrogens is 2. The average Bonchev–Trinajstić information content (AvgIpc) is 3.18. The normalized spacial score (nSPS) is 13.2. The van der Waals surface area contributed by atoms with Crippen molar-refractivity contribution < 1.29 is 13.0 Å². The number of hydrogen-bond acceptors (Lipinski definition) is 6. The van der Waals surface area contributed by atoms with Crippen molar-refractivity contribution in [2.45, 2.75) is 38.8 Å². The molecule has 0 fully saturated rings. The Morgan fingerprint density at radius 1 is 0.730 bits per heavy atom. The van der Waals surface area contributed by atoms with E-state index >= 15 is 0 Å². The Morgan fingerprint density at radius 3 is 1.49 bits per heavy atom. The number of nitrogens with zero attached hydrogens (tertiary/aromatic N) is 4. The Labute approximate surface area is 219 Å². The number of anilines is 2. The van der Waals surface area contributed by atoms with Crippen LogP contribution in [0.25, 0.3) is 22.5 Å². The van der Waals surface area contributed by atoms with Crippen LogP contribution in [0.2, 0.25) is 0 Å². The van der Waals surface area contributed by atoms with Crippen LogP contribution >= 0.6 is 0 Å². The minimum atomic E-state index is -4.02. The molecule has 1 aliphatic rings. The van der Waals surface area contributed by atoms with E-state index in [1.807, 2.05) is 19.1 Å². The van der Waals surface area contributed by atoms with Crippen LogP contribution in [0, 0.1) is 6.92 Å². The lowest BCUT2D eigenvalue weighted by molar-refractivity contribution is 0.483. The maximum atomic E-state index is 10.5. The molecule has 192 valence electrons. The third-order valence-electron chi connectivity index (χ3n) is 6.40. The minimum absolute atomic E-state index is 0.0666. The molecule has 0 spiro atoms. The highest BCUT2D eigenvalue weighted by Crippen LogP contribution is 2.41. The maximum Gasteiger partial charge on any atom is 0.294 e. The Bertz CT molecular complexity index is 1370. The van der Waals surface area contributed by atoms with Crippen molar-refractivity contribution in [3.63, 3.8) is 0 Å². The zero-order chi connectivity index (χ0) is 26.6. The van der Waals surface area contributed by atoms with Crippen LogP contribution in [0.3, 0.4) is 0 Å². The van der Waals surface area contributed by atoms with Gasteiger partial charge in [0.15, 0.2) is 11.6 Å². The number of hydrogen-bond donors (Lipinski definition) is 1. The van der Waals surface area contributed by atoms with Crippen LogP contribution in [-0.4, -0.2) is 42.2 Å². The highest BCUT2D eigenvalue weighted by Gasteiger charge is 2.35. The molecular formula is C29H32N4O3S. The second-order valence-electron chi connectivity index (χ2n) is 8.79. The molecule has 0 amide bonds. The van der Waals surface area contributed by atoms with Crippen LogP contribution in [-0.2, 0) is 10.1 Å². The molecule has 0 unspecified atom stereocenters. The van der Waals surface area contributed by atoms with Gasteiger partial charge in [-0.2, -0.15) is 8.42 Å². The molecule has 7 nitrogen and oxygen atoms in total. The fraction of sp³-hybridized carbons (Fsp3) is 0.241.